The van der Waals surface area contributed by atoms with E-state index in [2.05, 4.69) is 11.7 Å². The summed E-state index contributed by atoms with van der Waals surface area (Å²) in [6.45, 7) is 4.20. The molecule has 1 aromatic carbocycles. The standard InChI is InChI=1S/C19H23NO4/c1-4-6-10-16-15(12-13-18(21)23-3)14-9-7-8-11-17(14)20(16)19(22)24-5-2/h7-9,11-13H,4-6,10H2,1-3H3/b13-12+. The molecule has 0 spiro atoms. The fraction of sp³-hybridized carbons (Fsp3) is 0.368. The molecule has 0 radical (unpaired) electrons. The zero-order valence-corrected chi connectivity index (χ0v) is 14.4. The Morgan fingerprint density at radius 2 is 1.96 bits per heavy atom. The van der Waals surface area contributed by atoms with Crippen molar-refractivity contribution in [2.24, 2.45) is 0 Å². The van der Waals surface area contributed by atoms with Gasteiger partial charge in [0.05, 0.1) is 19.2 Å². The number of para-hydroxylation sites is 1. The molecule has 0 unspecified atom stereocenters. The highest BCUT2D eigenvalue weighted by Gasteiger charge is 2.20. The zero-order valence-electron chi connectivity index (χ0n) is 14.4. The molecule has 0 saturated carbocycles. The van der Waals surface area contributed by atoms with Crippen molar-refractivity contribution in [2.75, 3.05) is 13.7 Å². The summed E-state index contributed by atoms with van der Waals surface area (Å²) in [5, 5.41) is 0.914. The zero-order chi connectivity index (χ0) is 17.5. The molecular weight excluding hydrogens is 306 g/mol. The third-order valence-electron chi connectivity index (χ3n) is 3.82. The van der Waals surface area contributed by atoms with Crippen LogP contribution in [-0.4, -0.2) is 30.3 Å². The van der Waals surface area contributed by atoms with Crippen LogP contribution in [0.25, 0.3) is 17.0 Å². The van der Waals surface area contributed by atoms with Crippen LogP contribution in [0.15, 0.2) is 30.3 Å². The van der Waals surface area contributed by atoms with Crippen LogP contribution in [0.5, 0.6) is 0 Å². The van der Waals surface area contributed by atoms with Crippen LogP contribution in [0.2, 0.25) is 0 Å². The maximum absolute atomic E-state index is 12.5. The maximum atomic E-state index is 12.5. The minimum Gasteiger partial charge on any atom is -0.466 e. The summed E-state index contributed by atoms with van der Waals surface area (Å²) in [6, 6.07) is 7.63. The summed E-state index contributed by atoms with van der Waals surface area (Å²) >= 11 is 0. The summed E-state index contributed by atoms with van der Waals surface area (Å²) in [6.07, 6.45) is 5.38. The van der Waals surface area contributed by atoms with Gasteiger partial charge in [0.15, 0.2) is 0 Å². The fourth-order valence-electron chi connectivity index (χ4n) is 2.71. The first-order valence-electron chi connectivity index (χ1n) is 8.19. The van der Waals surface area contributed by atoms with Crippen LogP contribution in [0, 0.1) is 0 Å². The molecule has 24 heavy (non-hydrogen) atoms. The minimum absolute atomic E-state index is 0.311. The van der Waals surface area contributed by atoms with Crippen LogP contribution >= 0.6 is 0 Å². The normalized spacial score (nSPS) is 11.1. The van der Waals surface area contributed by atoms with E-state index in [4.69, 9.17) is 4.74 Å². The van der Waals surface area contributed by atoms with E-state index in [1.54, 1.807) is 17.6 Å². The fourth-order valence-corrected chi connectivity index (χ4v) is 2.71. The number of methoxy groups -OCH3 is 1. The Kier molecular flexibility index (Phi) is 6.18. The van der Waals surface area contributed by atoms with Crippen LogP contribution < -0.4 is 0 Å². The van der Waals surface area contributed by atoms with Crippen molar-refractivity contribution in [1.82, 2.24) is 4.57 Å². The Morgan fingerprint density at radius 3 is 2.62 bits per heavy atom. The predicted molar refractivity (Wildman–Crippen MR) is 94.0 cm³/mol. The molecule has 0 fully saturated rings. The Hall–Kier alpha value is -2.56. The largest absolute Gasteiger partial charge is 0.466 e. The monoisotopic (exact) mass is 329 g/mol. The highest BCUT2D eigenvalue weighted by molar-refractivity contribution is 5.99. The molecule has 1 aromatic heterocycles. The Labute approximate surface area is 141 Å². The van der Waals surface area contributed by atoms with E-state index in [9.17, 15) is 9.59 Å². The second kappa shape index (κ2) is 8.34. The molecule has 0 amide bonds. The molecule has 0 aliphatic rings. The van der Waals surface area contributed by atoms with Crippen molar-refractivity contribution >= 4 is 29.0 Å². The molecule has 1 heterocycles. The number of carbonyl (C=O) groups excluding carboxylic acids is 2. The number of benzene rings is 1. The third-order valence-corrected chi connectivity index (χ3v) is 3.82. The Morgan fingerprint density at radius 1 is 1.21 bits per heavy atom. The minimum atomic E-state index is -0.426. The van der Waals surface area contributed by atoms with Crippen LogP contribution in [0.3, 0.4) is 0 Å². The van der Waals surface area contributed by atoms with Gasteiger partial charge in [-0.2, -0.15) is 0 Å². The summed E-state index contributed by atoms with van der Waals surface area (Å²) in [7, 11) is 1.34. The molecule has 2 aromatic rings. The molecule has 0 bridgehead atoms. The summed E-state index contributed by atoms with van der Waals surface area (Å²) in [4.78, 5) is 24.0. The molecule has 0 atom stereocenters. The van der Waals surface area contributed by atoms with Crippen LogP contribution in [-0.2, 0) is 20.7 Å². The summed E-state index contributed by atoms with van der Waals surface area (Å²) in [5.41, 5.74) is 2.50. The second-order valence-corrected chi connectivity index (χ2v) is 5.37. The van der Waals surface area contributed by atoms with Crippen molar-refractivity contribution in [3.63, 3.8) is 0 Å². The van der Waals surface area contributed by atoms with Gasteiger partial charge >= 0.3 is 12.1 Å². The molecule has 0 aliphatic carbocycles. The maximum Gasteiger partial charge on any atom is 0.418 e. The Balaban J connectivity index is 2.66. The SMILES string of the molecule is CCCCc1c(/C=C/C(=O)OC)c2ccccc2n1C(=O)OCC. The van der Waals surface area contributed by atoms with Gasteiger partial charge in [-0.3, -0.25) is 0 Å². The van der Waals surface area contributed by atoms with Crippen molar-refractivity contribution in [3.05, 3.63) is 41.6 Å². The number of esters is 1. The number of nitrogens with zero attached hydrogens (tertiary/aromatic N) is 1. The average molecular weight is 329 g/mol. The van der Waals surface area contributed by atoms with E-state index in [0.29, 0.717) is 6.61 Å². The number of rotatable bonds is 6. The molecule has 2 rings (SSSR count). The molecule has 0 aliphatic heterocycles. The number of hydrogen-bond acceptors (Lipinski definition) is 4. The summed E-state index contributed by atoms with van der Waals surface area (Å²) in [5.74, 6) is -0.426. The van der Waals surface area contributed by atoms with Crippen molar-refractivity contribution in [3.8, 4) is 0 Å². The molecule has 5 heteroatoms. The van der Waals surface area contributed by atoms with E-state index in [-0.39, 0.29) is 0 Å². The van der Waals surface area contributed by atoms with E-state index < -0.39 is 12.1 Å². The number of fused-ring (bicyclic) bond motifs is 1. The van der Waals surface area contributed by atoms with Gasteiger partial charge in [-0.1, -0.05) is 31.5 Å². The summed E-state index contributed by atoms with van der Waals surface area (Å²) < 4.78 is 11.5. The highest BCUT2D eigenvalue weighted by atomic mass is 16.5. The number of unbranched alkanes of at least 4 members (excludes halogenated alkanes) is 1. The van der Waals surface area contributed by atoms with Crippen LogP contribution in [0.1, 0.15) is 37.9 Å². The number of hydrogen-bond donors (Lipinski definition) is 0. The predicted octanol–water partition coefficient (Wildman–Crippen LogP) is 4.17. The first-order valence-corrected chi connectivity index (χ1v) is 8.19. The first kappa shape index (κ1) is 17.8. The van der Waals surface area contributed by atoms with Crippen molar-refractivity contribution in [1.29, 1.82) is 0 Å². The van der Waals surface area contributed by atoms with Gasteiger partial charge in [0.2, 0.25) is 0 Å². The topological polar surface area (TPSA) is 57.5 Å². The van der Waals surface area contributed by atoms with Gasteiger partial charge in [-0.05, 0) is 31.9 Å². The van der Waals surface area contributed by atoms with E-state index >= 15 is 0 Å². The molecule has 5 nitrogen and oxygen atoms in total. The van der Waals surface area contributed by atoms with E-state index in [1.807, 2.05) is 24.3 Å². The van der Waals surface area contributed by atoms with Crippen LogP contribution in [0.4, 0.5) is 4.79 Å². The van der Waals surface area contributed by atoms with Crippen molar-refractivity contribution < 1.29 is 19.1 Å². The first-order chi connectivity index (χ1) is 11.6. The molecule has 0 saturated heterocycles. The van der Waals surface area contributed by atoms with Gasteiger partial charge in [-0.15, -0.1) is 0 Å². The smallest absolute Gasteiger partial charge is 0.418 e. The van der Waals surface area contributed by atoms with Gasteiger partial charge in [0.1, 0.15) is 0 Å². The number of carbonyl (C=O) groups is 2. The highest BCUT2D eigenvalue weighted by Crippen LogP contribution is 2.29. The molecule has 0 N–H and O–H groups in total. The quantitative estimate of drug-likeness (QED) is 0.589. The third kappa shape index (κ3) is 3.67. The van der Waals surface area contributed by atoms with Gasteiger partial charge in [-0.25, -0.2) is 14.2 Å². The Bertz CT molecular complexity index is 758. The van der Waals surface area contributed by atoms with Gasteiger partial charge < -0.3 is 9.47 Å². The van der Waals surface area contributed by atoms with Gasteiger partial charge in [0.25, 0.3) is 0 Å². The lowest BCUT2D eigenvalue weighted by Crippen LogP contribution is -2.16. The average Bonchev–Trinajstić information content (AvgIpc) is 2.91. The lowest BCUT2D eigenvalue weighted by molar-refractivity contribution is -0.134. The number of ether oxygens (including phenoxy) is 2. The lowest BCUT2D eigenvalue weighted by atomic mass is 10.1. The van der Waals surface area contributed by atoms with Gasteiger partial charge in [0, 0.05) is 22.7 Å². The lowest BCUT2D eigenvalue weighted by Gasteiger charge is -2.09. The van der Waals surface area contributed by atoms with Crippen molar-refractivity contribution in [2.45, 2.75) is 33.1 Å². The second-order valence-electron chi connectivity index (χ2n) is 5.37. The van der Waals surface area contributed by atoms with E-state index in [0.717, 1.165) is 41.4 Å². The molecular formula is C19H23NO4. The molecule has 128 valence electrons. The van der Waals surface area contributed by atoms with E-state index in [1.165, 1.54) is 13.2 Å². The number of aromatic nitrogens is 1.